The number of esters is 1. The molecule has 3 aliphatic rings. The summed E-state index contributed by atoms with van der Waals surface area (Å²) in [6.07, 6.45) is 6.97. The second-order valence-corrected chi connectivity index (χ2v) is 19.7. The Balaban J connectivity index is 0.849. The van der Waals surface area contributed by atoms with Crippen LogP contribution in [0, 0.1) is 5.92 Å². The number of aliphatic hydroxyl groups excluding tert-OH is 1. The van der Waals surface area contributed by atoms with E-state index in [1.165, 1.54) is 7.11 Å². The zero-order chi connectivity index (χ0) is 53.5. The van der Waals surface area contributed by atoms with Crippen LogP contribution in [-0.4, -0.2) is 104 Å². The molecular formula is C60H70N4O11. The molecule has 0 saturated carbocycles. The topological polar surface area (TPSA) is 199 Å². The van der Waals surface area contributed by atoms with Crippen molar-refractivity contribution in [2.24, 2.45) is 10.9 Å². The zero-order valence-electron chi connectivity index (χ0n) is 43.7. The number of carbonyl (C=O) groups is 6. The van der Waals surface area contributed by atoms with Gasteiger partial charge in [-0.2, -0.15) is 0 Å². The van der Waals surface area contributed by atoms with Crippen LogP contribution in [0.2, 0.25) is 0 Å². The van der Waals surface area contributed by atoms with Gasteiger partial charge >= 0.3 is 5.97 Å². The molecule has 1 fully saturated rings. The molecule has 15 nitrogen and oxygen atoms in total. The number of hydrogen-bond acceptors (Lipinski definition) is 12. The molecular weight excluding hydrogens is 953 g/mol. The fourth-order valence-electron chi connectivity index (χ4n) is 9.99. The van der Waals surface area contributed by atoms with Crippen LogP contribution >= 0.6 is 0 Å². The molecule has 1 saturated heterocycles. The zero-order valence-corrected chi connectivity index (χ0v) is 43.7. The number of rotatable bonds is 25. The predicted octanol–water partition coefficient (Wildman–Crippen LogP) is 8.30. The standard InChI is InChI=1S/C60H70N4O11/c1-39(2)57(69)63-54-36-53(67)56-41(23-33-51(56)61-54)20-17-40-18-21-42(22-19-40)58(70)62-52(59(71)74-5)34-28-47(65)15-11-6-7-12-16-55(68)64-37-48(66)35-46(64)38-75-60(43-13-9-8-10-14-43,44-24-29-49(72-3)30-25-44)45-26-31-50(73-4)32-27-45/h8-10,13-14,18-19,21-27,29-32,39,46,48,52,66H,6-7,11-12,15-17,20,28,33-38H2,1-5H3,(H,62,70)(H,61,63,69)/t46-,48+,52-/m0/s1. The Morgan fingerprint density at radius 3 is 2.01 bits per heavy atom. The van der Waals surface area contributed by atoms with Gasteiger partial charge in [-0.15, -0.1) is 0 Å². The number of amidine groups is 1. The molecule has 2 heterocycles. The average Bonchev–Trinajstić information content (AvgIpc) is 4.03. The van der Waals surface area contributed by atoms with E-state index in [1.54, 1.807) is 45.1 Å². The number of nitrogens with one attached hydrogen (secondary N) is 2. The Morgan fingerprint density at radius 1 is 0.773 bits per heavy atom. The Kier molecular flexibility index (Phi) is 19.5. The van der Waals surface area contributed by atoms with E-state index in [4.69, 9.17) is 18.9 Å². The number of β-amino-alcohol motifs (C(OH)–C–C–N with tert-alkyl or cyclic N) is 1. The van der Waals surface area contributed by atoms with Crippen LogP contribution in [0.4, 0.5) is 0 Å². The van der Waals surface area contributed by atoms with E-state index in [0.29, 0.717) is 85.5 Å². The third-order valence-corrected chi connectivity index (χ3v) is 14.2. The predicted molar refractivity (Wildman–Crippen MR) is 284 cm³/mol. The highest BCUT2D eigenvalue weighted by molar-refractivity contribution is 6.17. The van der Waals surface area contributed by atoms with E-state index in [1.807, 2.05) is 97.1 Å². The maximum Gasteiger partial charge on any atom is 0.328 e. The van der Waals surface area contributed by atoms with Gasteiger partial charge in [0, 0.05) is 49.3 Å². The smallest absolute Gasteiger partial charge is 0.328 e. The van der Waals surface area contributed by atoms with Crippen LogP contribution < -0.4 is 20.1 Å². The number of ether oxygens (including phenoxy) is 4. The molecule has 3 atom stereocenters. The van der Waals surface area contributed by atoms with Crippen molar-refractivity contribution in [1.29, 1.82) is 0 Å². The number of allylic oxidation sites excluding steroid dienone is 3. The summed E-state index contributed by atoms with van der Waals surface area (Å²) in [5.41, 5.74) is 5.10. The van der Waals surface area contributed by atoms with Gasteiger partial charge in [-0.05, 0) is 103 Å². The number of ketones is 2. The van der Waals surface area contributed by atoms with Gasteiger partial charge in [0.15, 0.2) is 5.78 Å². The third-order valence-electron chi connectivity index (χ3n) is 14.2. The number of aliphatic hydroxyl groups is 1. The number of unbranched alkanes of at least 4 members (excludes halogenated alkanes) is 3. The normalized spacial score (nSPS) is 16.7. The molecule has 0 spiro atoms. The second-order valence-electron chi connectivity index (χ2n) is 19.7. The van der Waals surface area contributed by atoms with E-state index in [0.717, 1.165) is 40.7 Å². The van der Waals surface area contributed by atoms with Crippen molar-refractivity contribution in [1.82, 2.24) is 15.5 Å². The Bertz CT molecular complexity index is 2700. The highest BCUT2D eigenvalue weighted by atomic mass is 16.5. The van der Waals surface area contributed by atoms with E-state index in [2.05, 4.69) is 15.6 Å². The van der Waals surface area contributed by atoms with E-state index >= 15 is 0 Å². The number of Topliss-reactive ketones (excluding diaryl/α,β-unsaturated/α-hetero) is 2. The number of amides is 3. The lowest BCUT2D eigenvalue weighted by Crippen LogP contribution is -2.42. The minimum absolute atomic E-state index is 0.0383. The summed E-state index contributed by atoms with van der Waals surface area (Å²) in [6.45, 7) is 3.95. The Hall–Kier alpha value is -7.23. The molecule has 0 unspecified atom stereocenters. The number of aryl methyl sites for hydroxylation is 1. The maximum absolute atomic E-state index is 13.8. The van der Waals surface area contributed by atoms with Gasteiger partial charge in [-0.25, -0.2) is 9.79 Å². The number of carbonyl (C=O) groups excluding carboxylic acids is 6. The van der Waals surface area contributed by atoms with Crippen LogP contribution in [-0.2, 0) is 45.5 Å². The summed E-state index contributed by atoms with van der Waals surface area (Å²) < 4.78 is 23.0. The molecule has 4 aromatic carbocycles. The molecule has 1 aliphatic carbocycles. The fraction of sp³-hybridized carbons (Fsp3) is 0.417. The van der Waals surface area contributed by atoms with Crippen molar-refractivity contribution in [3.05, 3.63) is 154 Å². The lowest BCUT2D eigenvalue weighted by Gasteiger charge is -2.38. The van der Waals surface area contributed by atoms with Gasteiger partial charge in [-0.1, -0.05) is 99.5 Å². The first-order valence-corrected chi connectivity index (χ1v) is 26.0. The van der Waals surface area contributed by atoms with Crippen molar-refractivity contribution in [3.8, 4) is 11.5 Å². The second kappa shape index (κ2) is 26.3. The largest absolute Gasteiger partial charge is 0.497 e. The quantitative estimate of drug-likeness (QED) is 0.0328. The van der Waals surface area contributed by atoms with Gasteiger partial charge < -0.3 is 39.6 Å². The molecule has 396 valence electrons. The number of nitrogens with zero attached hydrogens (tertiary/aromatic N) is 2. The van der Waals surface area contributed by atoms with Crippen LogP contribution in [0.3, 0.4) is 0 Å². The number of hydrogen-bond donors (Lipinski definition) is 3. The van der Waals surface area contributed by atoms with Crippen molar-refractivity contribution >= 4 is 41.1 Å². The van der Waals surface area contributed by atoms with Crippen LogP contribution in [0.1, 0.15) is 124 Å². The van der Waals surface area contributed by atoms with Crippen molar-refractivity contribution in [3.63, 3.8) is 0 Å². The minimum atomic E-state index is -1.07. The molecule has 4 aromatic rings. The number of benzene rings is 4. The summed E-state index contributed by atoms with van der Waals surface area (Å²) >= 11 is 0. The van der Waals surface area contributed by atoms with Crippen LogP contribution in [0.15, 0.2) is 131 Å². The summed E-state index contributed by atoms with van der Waals surface area (Å²) in [4.78, 5) is 84.3. The first-order valence-electron chi connectivity index (χ1n) is 26.0. The highest BCUT2D eigenvalue weighted by Gasteiger charge is 2.42. The molecule has 2 aliphatic heterocycles. The summed E-state index contributed by atoms with van der Waals surface area (Å²) in [6, 6.07) is 31.1. The first-order chi connectivity index (χ1) is 36.2. The maximum atomic E-state index is 13.8. The fourth-order valence-corrected chi connectivity index (χ4v) is 9.99. The third kappa shape index (κ3) is 14.1. The monoisotopic (exact) mass is 1020 g/mol. The number of likely N-dealkylation sites (tertiary alicyclic amines) is 1. The minimum Gasteiger partial charge on any atom is -0.497 e. The van der Waals surface area contributed by atoms with E-state index in [9.17, 15) is 33.9 Å². The molecule has 15 heteroatoms. The van der Waals surface area contributed by atoms with Crippen molar-refractivity contribution in [2.45, 2.75) is 121 Å². The summed E-state index contributed by atoms with van der Waals surface area (Å²) in [7, 11) is 4.48. The Labute approximate surface area is 439 Å². The van der Waals surface area contributed by atoms with Gasteiger partial charge in [0.25, 0.3) is 5.91 Å². The molecule has 75 heavy (non-hydrogen) atoms. The molecule has 3 amide bonds. The summed E-state index contributed by atoms with van der Waals surface area (Å²) in [5, 5.41) is 16.4. The molecule has 0 radical (unpaired) electrons. The van der Waals surface area contributed by atoms with E-state index in [-0.39, 0.29) is 67.8 Å². The number of methoxy groups -OCH3 is 3. The van der Waals surface area contributed by atoms with E-state index < -0.39 is 29.6 Å². The van der Waals surface area contributed by atoms with Gasteiger partial charge in [0.1, 0.15) is 34.8 Å². The molecule has 0 bridgehead atoms. The molecule has 0 aromatic heterocycles. The summed E-state index contributed by atoms with van der Waals surface area (Å²) in [5.74, 6) is 0.132. The lowest BCUT2D eigenvalue weighted by molar-refractivity contribution is -0.143. The Morgan fingerprint density at radius 2 is 1.40 bits per heavy atom. The average molecular weight is 1020 g/mol. The van der Waals surface area contributed by atoms with Crippen LogP contribution in [0.25, 0.3) is 0 Å². The van der Waals surface area contributed by atoms with Gasteiger partial charge in [-0.3, -0.25) is 24.0 Å². The molecule has 7 rings (SSSR count). The van der Waals surface area contributed by atoms with Crippen molar-refractivity contribution < 1.29 is 52.8 Å². The van der Waals surface area contributed by atoms with Crippen LogP contribution in [0.5, 0.6) is 11.5 Å². The first kappa shape index (κ1) is 55.5. The SMILES string of the molecule is COC(=O)[C@H](CCC(=O)CCCCCCC(=O)N1C[C@H](O)C[C@H]1COC(c1ccccc1)(c1ccc(OC)cc1)c1ccc(OC)cc1)NC(=O)c1ccc(CCC2=CCC3=C2C(=O)CC(NC(=O)C(C)C)=N3)cc1. The van der Waals surface area contributed by atoms with Gasteiger partial charge in [0.05, 0.1) is 52.2 Å². The molecule has 3 N–H and O–H groups in total. The lowest BCUT2D eigenvalue weighted by atomic mass is 9.80. The number of aliphatic imine (C=N–C) groups is 1. The van der Waals surface area contributed by atoms with Gasteiger partial charge in [0.2, 0.25) is 11.8 Å². The highest BCUT2D eigenvalue weighted by Crippen LogP contribution is 2.42. The van der Waals surface area contributed by atoms with Crippen molar-refractivity contribution in [2.75, 3.05) is 34.5 Å².